The van der Waals surface area contributed by atoms with Crippen molar-refractivity contribution in [2.45, 2.75) is 39.7 Å². The number of hydrogen-bond acceptors (Lipinski definition) is 5. The van der Waals surface area contributed by atoms with E-state index in [4.69, 9.17) is 9.47 Å². The smallest absolute Gasteiger partial charge is 0.336 e. The molecule has 6 heteroatoms. The van der Waals surface area contributed by atoms with Crippen molar-refractivity contribution in [1.82, 2.24) is 4.90 Å². The summed E-state index contributed by atoms with van der Waals surface area (Å²) in [5, 5.41) is 0. The van der Waals surface area contributed by atoms with Gasteiger partial charge in [0.25, 0.3) is 0 Å². The Kier molecular flexibility index (Phi) is 7.03. The van der Waals surface area contributed by atoms with Crippen LogP contribution in [-0.2, 0) is 19.1 Å². The predicted octanol–water partition coefficient (Wildman–Crippen LogP) is 4.15. The van der Waals surface area contributed by atoms with E-state index in [0.717, 1.165) is 10.0 Å². The van der Waals surface area contributed by atoms with Crippen LogP contribution in [0.15, 0.2) is 52.3 Å². The molecule has 0 amide bonds. The largest absolute Gasteiger partial charge is 0.463 e. The highest BCUT2D eigenvalue weighted by molar-refractivity contribution is 9.10. The van der Waals surface area contributed by atoms with Crippen molar-refractivity contribution < 1.29 is 19.1 Å². The molecule has 0 bridgehead atoms. The molecule has 1 aliphatic heterocycles. The van der Waals surface area contributed by atoms with Gasteiger partial charge in [0, 0.05) is 22.9 Å². The second-order valence-electron chi connectivity index (χ2n) is 6.11. The zero-order valence-corrected chi connectivity index (χ0v) is 17.1. The molecule has 0 radical (unpaired) electrons. The Morgan fingerprint density at radius 2 is 1.54 bits per heavy atom. The maximum absolute atomic E-state index is 12.7. The maximum atomic E-state index is 12.7. The molecule has 0 fully saturated rings. The van der Waals surface area contributed by atoms with E-state index in [2.05, 4.69) is 15.9 Å². The topological polar surface area (TPSA) is 55.8 Å². The zero-order valence-electron chi connectivity index (χ0n) is 15.5. The van der Waals surface area contributed by atoms with Gasteiger partial charge >= 0.3 is 11.9 Å². The second kappa shape index (κ2) is 9.03. The Balaban J connectivity index is 2.62. The lowest BCUT2D eigenvalue weighted by Gasteiger charge is -2.32. The molecule has 0 aromatic heterocycles. The highest BCUT2D eigenvalue weighted by Gasteiger charge is 2.36. The van der Waals surface area contributed by atoms with Gasteiger partial charge in [-0.2, -0.15) is 0 Å². The molecule has 140 valence electrons. The fourth-order valence-corrected chi connectivity index (χ4v) is 3.30. The average Bonchev–Trinajstić information content (AvgIpc) is 2.61. The minimum Gasteiger partial charge on any atom is -0.463 e. The van der Waals surface area contributed by atoms with Crippen LogP contribution in [0.25, 0.3) is 0 Å². The van der Waals surface area contributed by atoms with Crippen molar-refractivity contribution >= 4 is 27.9 Å². The lowest BCUT2D eigenvalue weighted by molar-refractivity contribution is -0.139. The molecule has 0 atom stereocenters. The minimum atomic E-state index is -0.557. The lowest BCUT2D eigenvalue weighted by atomic mass is 9.83. The summed E-state index contributed by atoms with van der Waals surface area (Å²) >= 11 is 3.53. The molecule has 0 aliphatic carbocycles. The van der Waals surface area contributed by atoms with Gasteiger partial charge in [0.05, 0.1) is 30.3 Å². The fraction of sp³-hybridized carbons (Fsp3) is 0.400. The quantitative estimate of drug-likeness (QED) is 0.645. The van der Waals surface area contributed by atoms with Crippen LogP contribution < -0.4 is 0 Å². The number of ether oxygens (including phenoxy) is 2. The zero-order chi connectivity index (χ0) is 19.3. The van der Waals surface area contributed by atoms with Gasteiger partial charge in [-0.15, -0.1) is 0 Å². The number of nitrogens with zero attached hydrogens (tertiary/aromatic N) is 1. The van der Waals surface area contributed by atoms with Crippen molar-refractivity contribution in [1.29, 1.82) is 0 Å². The van der Waals surface area contributed by atoms with Crippen molar-refractivity contribution in [3.05, 3.63) is 57.8 Å². The van der Waals surface area contributed by atoms with Gasteiger partial charge in [-0.05, 0) is 39.3 Å². The fourth-order valence-electron chi connectivity index (χ4n) is 2.79. The molecule has 0 saturated heterocycles. The van der Waals surface area contributed by atoms with E-state index in [0.29, 0.717) is 11.1 Å². The van der Waals surface area contributed by atoms with Gasteiger partial charge in [0.2, 0.25) is 0 Å². The summed E-state index contributed by atoms with van der Waals surface area (Å²) in [6.45, 7) is 8.01. The Labute approximate surface area is 162 Å². The van der Waals surface area contributed by atoms with E-state index in [1.54, 1.807) is 26.2 Å². The molecule has 0 saturated carbocycles. The average molecular weight is 422 g/mol. The van der Waals surface area contributed by atoms with E-state index >= 15 is 0 Å². The van der Waals surface area contributed by atoms with Crippen LogP contribution >= 0.6 is 15.9 Å². The first-order valence-corrected chi connectivity index (χ1v) is 9.49. The lowest BCUT2D eigenvalue weighted by Crippen LogP contribution is -2.32. The molecular formula is C20H24BrNO4. The van der Waals surface area contributed by atoms with Gasteiger partial charge in [0.15, 0.2) is 0 Å². The third-order valence-corrected chi connectivity index (χ3v) is 4.76. The van der Waals surface area contributed by atoms with E-state index < -0.39 is 17.9 Å². The molecule has 0 spiro atoms. The molecule has 1 aliphatic rings. The van der Waals surface area contributed by atoms with E-state index in [1.165, 1.54) is 0 Å². The third-order valence-electron chi connectivity index (χ3n) is 4.03. The van der Waals surface area contributed by atoms with E-state index in [9.17, 15) is 9.59 Å². The molecule has 1 heterocycles. The van der Waals surface area contributed by atoms with Crippen LogP contribution in [-0.4, -0.2) is 36.1 Å². The first-order valence-electron chi connectivity index (χ1n) is 8.70. The first-order chi connectivity index (χ1) is 12.4. The Morgan fingerprint density at radius 1 is 1.04 bits per heavy atom. The number of hydrogen-bond donors (Lipinski definition) is 0. The van der Waals surface area contributed by atoms with Crippen LogP contribution in [0.5, 0.6) is 0 Å². The highest BCUT2D eigenvalue weighted by Crippen LogP contribution is 2.40. The van der Waals surface area contributed by atoms with Crippen molar-refractivity contribution in [3.8, 4) is 0 Å². The van der Waals surface area contributed by atoms with Crippen LogP contribution in [0, 0.1) is 0 Å². The summed E-state index contributed by atoms with van der Waals surface area (Å²) in [5.41, 5.74) is 1.64. The Hall–Kier alpha value is -2.08. The standard InChI is InChI=1S/C20H24BrNO4/c1-5-25-19(23)15-11-22(13(3)4)12-16(20(24)26-6-2)18(15)14-9-7-8-10-17(14)21/h7-13,18H,5-6H2,1-4H3. The van der Waals surface area contributed by atoms with Crippen LogP contribution in [0.4, 0.5) is 0 Å². The summed E-state index contributed by atoms with van der Waals surface area (Å²) in [5.74, 6) is -1.43. The van der Waals surface area contributed by atoms with E-state index in [-0.39, 0.29) is 19.3 Å². The Morgan fingerprint density at radius 3 is 1.96 bits per heavy atom. The number of halogens is 1. The van der Waals surface area contributed by atoms with Crippen LogP contribution in [0.3, 0.4) is 0 Å². The molecule has 26 heavy (non-hydrogen) atoms. The Bertz CT molecular complexity index is 703. The van der Waals surface area contributed by atoms with Crippen molar-refractivity contribution in [2.24, 2.45) is 0 Å². The van der Waals surface area contributed by atoms with Crippen LogP contribution in [0.1, 0.15) is 39.2 Å². The maximum Gasteiger partial charge on any atom is 0.336 e. The normalized spacial score (nSPS) is 14.8. The van der Waals surface area contributed by atoms with Gasteiger partial charge < -0.3 is 14.4 Å². The SMILES string of the molecule is CCOC(=O)C1=CN(C(C)C)C=C(C(=O)OCC)C1c1ccccc1Br. The molecule has 1 aromatic rings. The predicted molar refractivity (Wildman–Crippen MR) is 103 cm³/mol. The van der Waals surface area contributed by atoms with Gasteiger partial charge in [-0.25, -0.2) is 9.59 Å². The summed E-state index contributed by atoms with van der Waals surface area (Å²) in [4.78, 5) is 27.2. The monoisotopic (exact) mass is 421 g/mol. The summed E-state index contributed by atoms with van der Waals surface area (Å²) in [6, 6.07) is 7.61. The molecule has 0 N–H and O–H groups in total. The third kappa shape index (κ3) is 4.36. The number of esters is 2. The van der Waals surface area contributed by atoms with Gasteiger partial charge in [-0.1, -0.05) is 34.1 Å². The molecule has 1 aromatic carbocycles. The number of benzene rings is 1. The van der Waals surface area contributed by atoms with Crippen molar-refractivity contribution in [3.63, 3.8) is 0 Å². The first kappa shape index (κ1) is 20.2. The summed E-state index contributed by atoms with van der Waals surface area (Å²) < 4.78 is 11.3. The number of carbonyl (C=O) groups is 2. The van der Waals surface area contributed by atoms with Gasteiger partial charge in [0.1, 0.15) is 0 Å². The number of carbonyl (C=O) groups excluding carboxylic acids is 2. The highest BCUT2D eigenvalue weighted by atomic mass is 79.9. The summed E-state index contributed by atoms with van der Waals surface area (Å²) in [6.07, 6.45) is 3.52. The van der Waals surface area contributed by atoms with Gasteiger partial charge in [-0.3, -0.25) is 0 Å². The molecular weight excluding hydrogens is 398 g/mol. The second-order valence-corrected chi connectivity index (χ2v) is 6.96. The van der Waals surface area contributed by atoms with Crippen LogP contribution in [0.2, 0.25) is 0 Å². The molecule has 0 unspecified atom stereocenters. The van der Waals surface area contributed by atoms with E-state index in [1.807, 2.05) is 43.0 Å². The minimum absolute atomic E-state index is 0.0732. The number of rotatable bonds is 6. The molecule has 2 rings (SSSR count). The summed E-state index contributed by atoms with van der Waals surface area (Å²) in [7, 11) is 0. The molecule has 5 nitrogen and oxygen atoms in total. The van der Waals surface area contributed by atoms with Crippen molar-refractivity contribution in [2.75, 3.05) is 13.2 Å².